The average molecular weight is 262 g/mol. The zero-order chi connectivity index (χ0) is 11.8. The quantitative estimate of drug-likeness (QED) is 0.818. The largest absolute Gasteiger partial charge is 0.356 e. The molecule has 0 fully saturated rings. The molecular formula is C6H3ClF3NO3S. The van der Waals surface area contributed by atoms with E-state index in [0.717, 1.165) is 0 Å². The van der Waals surface area contributed by atoms with E-state index in [1.54, 1.807) is 4.98 Å². The van der Waals surface area contributed by atoms with E-state index in [1.807, 2.05) is 0 Å². The lowest BCUT2D eigenvalue weighted by Crippen LogP contribution is -2.19. The molecule has 1 aromatic heterocycles. The highest BCUT2D eigenvalue weighted by Crippen LogP contribution is 2.24. The summed E-state index contributed by atoms with van der Waals surface area (Å²) in [7, 11) is 0.0141. The van der Waals surface area contributed by atoms with Gasteiger partial charge in [0.2, 0.25) is 5.43 Å². The Hall–Kier alpha value is -1.02. The third kappa shape index (κ3) is 2.32. The standard InChI is InChI=1S/C6H3ClF3NO3S/c7-15(13,14)5-3(6(9)10)11-1-2(8)4(5)12/h1,6H,(H,11,12). The van der Waals surface area contributed by atoms with Gasteiger partial charge in [-0.2, -0.15) is 0 Å². The van der Waals surface area contributed by atoms with Crippen LogP contribution >= 0.6 is 10.7 Å². The highest BCUT2D eigenvalue weighted by molar-refractivity contribution is 8.13. The Morgan fingerprint density at radius 1 is 1.40 bits per heavy atom. The minimum absolute atomic E-state index is 0.343. The Morgan fingerprint density at radius 2 is 1.93 bits per heavy atom. The number of halogens is 4. The summed E-state index contributed by atoms with van der Waals surface area (Å²) < 4.78 is 58.7. The molecule has 0 bridgehead atoms. The summed E-state index contributed by atoms with van der Waals surface area (Å²) in [6.45, 7) is 0. The van der Waals surface area contributed by atoms with Gasteiger partial charge in [0.25, 0.3) is 15.5 Å². The zero-order valence-corrected chi connectivity index (χ0v) is 8.37. The second-order valence-electron chi connectivity index (χ2n) is 2.45. The van der Waals surface area contributed by atoms with Gasteiger partial charge in [-0.3, -0.25) is 4.79 Å². The van der Waals surface area contributed by atoms with Gasteiger partial charge >= 0.3 is 0 Å². The summed E-state index contributed by atoms with van der Waals surface area (Å²) in [4.78, 5) is 11.2. The number of hydrogen-bond donors (Lipinski definition) is 1. The Morgan fingerprint density at radius 3 is 2.33 bits per heavy atom. The predicted octanol–water partition coefficient (Wildman–Crippen LogP) is 1.38. The number of nitrogens with one attached hydrogen (secondary N) is 1. The third-order valence-corrected chi connectivity index (χ3v) is 2.84. The van der Waals surface area contributed by atoms with Gasteiger partial charge in [-0.1, -0.05) is 0 Å². The fraction of sp³-hybridized carbons (Fsp3) is 0.167. The summed E-state index contributed by atoms with van der Waals surface area (Å²) in [6, 6.07) is 0. The lowest BCUT2D eigenvalue weighted by molar-refractivity contribution is 0.142. The van der Waals surface area contributed by atoms with Crippen LogP contribution in [0, 0.1) is 5.82 Å². The number of alkyl halides is 2. The van der Waals surface area contributed by atoms with Crippen LogP contribution in [0.5, 0.6) is 0 Å². The molecule has 0 amide bonds. The van der Waals surface area contributed by atoms with Crippen molar-refractivity contribution in [3.05, 3.63) is 27.9 Å². The second-order valence-corrected chi connectivity index (χ2v) is 4.95. The fourth-order valence-electron chi connectivity index (χ4n) is 0.907. The molecule has 1 heterocycles. The summed E-state index contributed by atoms with van der Waals surface area (Å²) in [5.74, 6) is -1.50. The van der Waals surface area contributed by atoms with Crippen LogP contribution in [-0.2, 0) is 9.05 Å². The summed E-state index contributed by atoms with van der Waals surface area (Å²) in [5, 5.41) is 0. The highest BCUT2D eigenvalue weighted by atomic mass is 35.7. The zero-order valence-electron chi connectivity index (χ0n) is 6.80. The molecule has 0 atom stereocenters. The number of rotatable bonds is 2. The molecule has 1 rings (SSSR count). The van der Waals surface area contributed by atoms with E-state index in [1.165, 1.54) is 0 Å². The Labute approximate surface area is 86.1 Å². The third-order valence-electron chi connectivity index (χ3n) is 1.48. The van der Waals surface area contributed by atoms with Crippen molar-refractivity contribution in [3.63, 3.8) is 0 Å². The molecule has 0 radical (unpaired) electrons. The Balaban J connectivity index is 3.73. The van der Waals surface area contributed by atoms with Crippen LogP contribution in [-0.4, -0.2) is 13.4 Å². The molecule has 15 heavy (non-hydrogen) atoms. The molecule has 0 aromatic carbocycles. The topological polar surface area (TPSA) is 67.0 Å². The normalized spacial score (nSPS) is 12.1. The van der Waals surface area contributed by atoms with E-state index in [4.69, 9.17) is 10.7 Å². The average Bonchev–Trinajstić information content (AvgIpc) is 2.06. The van der Waals surface area contributed by atoms with Gasteiger partial charge in [0.05, 0.1) is 0 Å². The summed E-state index contributed by atoms with van der Waals surface area (Å²) >= 11 is 0. The molecule has 0 aliphatic heterocycles. The van der Waals surface area contributed by atoms with Crippen molar-refractivity contribution in [2.24, 2.45) is 0 Å². The van der Waals surface area contributed by atoms with Crippen LogP contribution in [0.25, 0.3) is 0 Å². The van der Waals surface area contributed by atoms with E-state index in [-0.39, 0.29) is 0 Å². The Kier molecular flexibility index (Phi) is 3.10. The monoisotopic (exact) mass is 261 g/mol. The number of H-pyrrole nitrogens is 1. The molecule has 0 aliphatic rings. The van der Waals surface area contributed by atoms with E-state index < -0.39 is 37.3 Å². The van der Waals surface area contributed by atoms with Gasteiger partial charge in [-0.05, 0) is 0 Å². The molecule has 1 N–H and O–H groups in total. The maximum absolute atomic E-state index is 12.6. The lowest BCUT2D eigenvalue weighted by atomic mass is 10.3. The number of hydrogen-bond acceptors (Lipinski definition) is 3. The van der Waals surface area contributed by atoms with E-state index >= 15 is 0 Å². The smallest absolute Gasteiger partial charge is 0.279 e. The van der Waals surface area contributed by atoms with Gasteiger partial charge < -0.3 is 4.98 Å². The fourth-order valence-corrected chi connectivity index (χ4v) is 2.10. The first-order chi connectivity index (χ1) is 6.75. The van der Waals surface area contributed by atoms with Crippen LogP contribution in [0.4, 0.5) is 13.2 Å². The minimum Gasteiger partial charge on any atom is -0.356 e. The van der Waals surface area contributed by atoms with Gasteiger partial charge in [-0.25, -0.2) is 21.6 Å². The van der Waals surface area contributed by atoms with Crippen molar-refractivity contribution in [3.8, 4) is 0 Å². The van der Waals surface area contributed by atoms with Crippen molar-refractivity contribution >= 4 is 19.7 Å². The van der Waals surface area contributed by atoms with E-state index in [2.05, 4.69) is 0 Å². The van der Waals surface area contributed by atoms with Gasteiger partial charge in [0.15, 0.2) is 10.7 Å². The van der Waals surface area contributed by atoms with Gasteiger partial charge in [0, 0.05) is 16.9 Å². The minimum atomic E-state index is -4.72. The number of aromatic amines is 1. The molecule has 9 heteroatoms. The molecule has 0 saturated heterocycles. The van der Waals surface area contributed by atoms with Crippen LogP contribution < -0.4 is 5.43 Å². The highest BCUT2D eigenvalue weighted by Gasteiger charge is 2.27. The van der Waals surface area contributed by atoms with Crippen LogP contribution in [0.3, 0.4) is 0 Å². The van der Waals surface area contributed by atoms with Gasteiger partial charge in [0.1, 0.15) is 5.69 Å². The van der Waals surface area contributed by atoms with Crippen molar-refractivity contribution in [1.29, 1.82) is 0 Å². The van der Waals surface area contributed by atoms with Crippen LogP contribution in [0.1, 0.15) is 12.1 Å². The first-order valence-electron chi connectivity index (χ1n) is 3.39. The molecule has 4 nitrogen and oxygen atoms in total. The lowest BCUT2D eigenvalue weighted by Gasteiger charge is -2.04. The van der Waals surface area contributed by atoms with Crippen molar-refractivity contribution in [2.75, 3.05) is 0 Å². The first kappa shape index (κ1) is 12.1. The molecule has 0 saturated carbocycles. The molecular weight excluding hydrogens is 259 g/mol. The van der Waals surface area contributed by atoms with E-state index in [9.17, 15) is 26.4 Å². The maximum atomic E-state index is 12.6. The molecule has 0 unspecified atom stereocenters. The molecule has 84 valence electrons. The van der Waals surface area contributed by atoms with Crippen molar-refractivity contribution in [2.45, 2.75) is 11.3 Å². The number of pyridine rings is 1. The van der Waals surface area contributed by atoms with Crippen LogP contribution in [0.15, 0.2) is 15.9 Å². The van der Waals surface area contributed by atoms with Crippen LogP contribution in [0.2, 0.25) is 0 Å². The molecule has 0 spiro atoms. The SMILES string of the molecule is O=c1c(F)c[nH]c(C(F)F)c1S(=O)(=O)Cl. The first-order valence-corrected chi connectivity index (χ1v) is 5.70. The van der Waals surface area contributed by atoms with Crippen molar-refractivity contribution < 1.29 is 21.6 Å². The Bertz CT molecular complexity index is 539. The van der Waals surface area contributed by atoms with Gasteiger partial charge in [-0.15, -0.1) is 0 Å². The van der Waals surface area contributed by atoms with E-state index in [0.29, 0.717) is 6.20 Å². The molecule has 1 aromatic rings. The summed E-state index contributed by atoms with van der Waals surface area (Å²) in [6.07, 6.45) is -2.93. The maximum Gasteiger partial charge on any atom is 0.279 e. The predicted molar refractivity (Wildman–Crippen MR) is 45.0 cm³/mol. The second kappa shape index (κ2) is 3.86. The number of aromatic nitrogens is 1. The summed E-state index contributed by atoms with van der Waals surface area (Å²) in [5.41, 5.74) is -2.91. The molecule has 0 aliphatic carbocycles. The van der Waals surface area contributed by atoms with Crippen molar-refractivity contribution in [1.82, 2.24) is 4.98 Å².